The van der Waals surface area contributed by atoms with Crippen molar-refractivity contribution in [3.8, 4) is 0 Å². The molecule has 1 aromatic carbocycles. The third-order valence-electron chi connectivity index (χ3n) is 3.20. The monoisotopic (exact) mass is 328 g/mol. The van der Waals surface area contributed by atoms with Gasteiger partial charge in [0, 0.05) is 12.1 Å². The molecule has 3 N–H and O–H groups in total. The average Bonchev–Trinajstić information content (AvgIpc) is 2.83. The number of nitrogens with zero attached hydrogens (tertiary/aromatic N) is 2. The van der Waals surface area contributed by atoms with Crippen molar-refractivity contribution in [1.82, 2.24) is 15.2 Å². The molecule has 1 aromatic heterocycles. The van der Waals surface area contributed by atoms with E-state index in [0.717, 1.165) is 11.3 Å². The molecule has 7 heteroatoms. The molecule has 1 atom stereocenters. The highest BCUT2D eigenvalue weighted by Gasteiger charge is 2.20. The summed E-state index contributed by atoms with van der Waals surface area (Å²) in [4.78, 5) is 0. The van der Waals surface area contributed by atoms with E-state index < -0.39 is 0 Å². The SMILES string of the molecule is COCCn1ncc(Cl)c1C(Cc1cccc(Cl)c1)NN. The first-order chi connectivity index (χ1) is 10.2. The Hall–Kier alpha value is -1.11. The zero-order valence-electron chi connectivity index (χ0n) is 11.7. The maximum Gasteiger partial charge on any atom is 0.0834 e. The van der Waals surface area contributed by atoms with Gasteiger partial charge >= 0.3 is 0 Å². The third-order valence-corrected chi connectivity index (χ3v) is 3.73. The lowest BCUT2D eigenvalue weighted by Gasteiger charge is -2.18. The van der Waals surface area contributed by atoms with E-state index in [1.54, 1.807) is 18.0 Å². The number of ether oxygens (including phenoxy) is 1. The van der Waals surface area contributed by atoms with Gasteiger partial charge in [-0.1, -0.05) is 35.3 Å². The number of hydrazine groups is 1. The summed E-state index contributed by atoms with van der Waals surface area (Å²) in [5.74, 6) is 5.70. The molecule has 114 valence electrons. The minimum Gasteiger partial charge on any atom is -0.383 e. The minimum absolute atomic E-state index is 0.157. The van der Waals surface area contributed by atoms with Crippen LogP contribution >= 0.6 is 23.2 Å². The van der Waals surface area contributed by atoms with Gasteiger partial charge in [-0.3, -0.25) is 16.0 Å². The Labute approximate surface area is 134 Å². The molecule has 0 fully saturated rings. The lowest BCUT2D eigenvalue weighted by atomic mass is 10.0. The molecule has 0 aliphatic rings. The highest BCUT2D eigenvalue weighted by molar-refractivity contribution is 6.31. The van der Waals surface area contributed by atoms with Crippen LogP contribution in [0.4, 0.5) is 0 Å². The van der Waals surface area contributed by atoms with Crippen molar-refractivity contribution in [2.45, 2.75) is 19.0 Å². The molecule has 1 unspecified atom stereocenters. The van der Waals surface area contributed by atoms with E-state index in [1.807, 2.05) is 24.3 Å². The van der Waals surface area contributed by atoms with E-state index in [1.165, 1.54) is 0 Å². The Bertz CT molecular complexity index is 588. The van der Waals surface area contributed by atoms with Crippen LogP contribution in [0.5, 0.6) is 0 Å². The number of benzene rings is 1. The molecule has 0 bridgehead atoms. The van der Waals surface area contributed by atoms with Crippen molar-refractivity contribution in [2.75, 3.05) is 13.7 Å². The van der Waals surface area contributed by atoms with Crippen molar-refractivity contribution in [3.05, 3.63) is 51.8 Å². The Morgan fingerprint density at radius 2 is 2.24 bits per heavy atom. The van der Waals surface area contributed by atoms with Gasteiger partial charge in [0.2, 0.25) is 0 Å². The standard InChI is InChI=1S/C14H18Cl2N4O/c1-21-6-5-20-14(12(16)9-18-20)13(19-17)8-10-3-2-4-11(15)7-10/h2-4,7,9,13,19H,5-6,8,17H2,1H3. The molecule has 0 saturated heterocycles. The van der Waals surface area contributed by atoms with Gasteiger partial charge in [0.15, 0.2) is 0 Å². The lowest BCUT2D eigenvalue weighted by Crippen LogP contribution is -2.32. The zero-order chi connectivity index (χ0) is 15.2. The lowest BCUT2D eigenvalue weighted by molar-refractivity contribution is 0.181. The number of hydrogen-bond acceptors (Lipinski definition) is 4. The van der Waals surface area contributed by atoms with E-state index in [4.69, 9.17) is 33.8 Å². The molecule has 5 nitrogen and oxygen atoms in total. The van der Waals surface area contributed by atoms with Crippen LogP contribution in [-0.4, -0.2) is 23.5 Å². The van der Waals surface area contributed by atoms with Crippen LogP contribution in [0.1, 0.15) is 17.3 Å². The second kappa shape index (κ2) is 7.77. The maximum absolute atomic E-state index is 6.25. The van der Waals surface area contributed by atoms with Gasteiger partial charge in [-0.25, -0.2) is 0 Å². The number of rotatable bonds is 7. The molecule has 2 rings (SSSR count). The zero-order valence-corrected chi connectivity index (χ0v) is 13.2. The summed E-state index contributed by atoms with van der Waals surface area (Å²) >= 11 is 12.3. The summed E-state index contributed by atoms with van der Waals surface area (Å²) in [6.07, 6.45) is 2.28. The van der Waals surface area contributed by atoms with Gasteiger partial charge in [0.05, 0.1) is 36.1 Å². The molecular weight excluding hydrogens is 311 g/mol. The van der Waals surface area contributed by atoms with E-state index in [9.17, 15) is 0 Å². The highest BCUT2D eigenvalue weighted by Crippen LogP contribution is 2.26. The maximum atomic E-state index is 6.25. The molecule has 0 spiro atoms. The van der Waals surface area contributed by atoms with E-state index in [2.05, 4.69) is 10.5 Å². The summed E-state index contributed by atoms with van der Waals surface area (Å²) in [5.41, 5.74) is 4.71. The molecule has 1 heterocycles. The number of methoxy groups -OCH3 is 1. The predicted octanol–water partition coefficient (Wildman–Crippen LogP) is 2.58. The average molecular weight is 329 g/mol. The van der Waals surface area contributed by atoms with Gasteiger partial charge in [0.1, 0.15) is 0 Å². The fourth-order valence-electron chi connectivity index (χ4n) is 2.21. The smallest absolute Gasteiger partial charge is 0.0834 e. The fraction of sp³-hybridized carbons (Fsp3) is 0.357. The first kappa shape index (κ1) is 16.3. The molecule has 0 aliphatic carbocycles. The Balaban J connectivity index is 2.22. The topological polar surface area (TPSA) is 65.1 Å². The number of hydrogen-bond donors (Lipinski definition) is 2. The molecule has 0 aliphatic heterocycles. The molecule has 0 amide bonds. The van der Waals surface area contributed by atoms with Crippen LogP contribution in [0.2, 0.25) is 10.0 Å². The highest BCUT2D eigenvalue weighted by atomic mass is 35.5. The largest absolute Gasteiger partial charge is 0.383 e. The van der Waals surface area contributed by atoms with Crippen molar-refractivity contribution in [2.24, 2.45) is 5.84 Å². The van der Waals surface area contributed by atoms with Crippen LogP contribution < -0.4 is 11.3 Å². The normalized spacial score (nSPS) is 12.6. The number of aromatic nitrogens is 2. The number of nitrogens with one attached hydrogen (secondary N) is 1. The molecule has 0 radical (unpaired) electrons. The van der Waals surface area contributed by atoms with Crippen LogP contribution in [0.3, 0.4) is 0 Å². The van der Waals surface area contributed by atoms with Gasteiger partial charge in [-0.15, -0.1) is 0 Å². The first-order valence-corrected chi connectivity index (χ1v) is 7.32. The summed E-state index contributed by atoms with van der Waals surface area (Å²) in [6, 6.07) is 7.51. The van der Waals surface area contributed by atoms with Crippen LogP contribution in [-0.2, 0) is 17.7 Å². The number of nitrogens with two attached hydrogens (primary N) is 1. The van der Waals surface area contributed by atoms with Crippen molar-refractivity contribution >= 4 is 23.2 Å². The minimum atomic E-state index is -0.157. The predicted molar refractivity (Wildman–Crippen MR) is 84.3 cm³/mol. The third kappa shape index (κ3) is 4.18. The summed E-state index contributed by atoms with van der Waals surface area (Å²) in [5, 5.41) is 5.54. The summed E-state index contributed by atoms with van der Waals surface area (Å²) in [7, 11) is 1.65. The quantitative estimate of drug-likeness (QED) is 0.605. The second-order valence-corrected chi connectivity index (χ2v) is 5.49. The van der Waals surface area contributed by atoms with E-state index >= 15 is 0 Å². The van der Waals surface area contributed by atoms with Gasteiger partial charge in [-0.05, 0) is 24.1 Å². The second-order valence-electron chi connectivity index (χ2n) is 4.65. The van der Waals surface area contributed by atoms with Crippen LogP contribution in [0.15, 0.2) is 30.5 Å². The van der Waals surface area contributed by atoms with Crippen molar-refractivity contribution in [1.29, 1.82) is 0 Å². The van der Waals surface area contributed by atoms with Crippen molar-refractivity contribution in [3.63, 3.8) is 0 Å². The van der Waals surface area contributed by atoms with Crippen LogP contribution in [0, 0.1) is 0 Å². The van der Waals surface area contributed by atoms with Gasteiger partial charge in [-0.2, -0.15) is 5.10 Å². The van der Waals surface area contributed by atoms with Crippen molar-refractivity contribution < 1.29 is 4.74 Å². The van der Waals surface area contributed by atoms with Crippen LogP contribution in [0.25, 0.3) is 0 Å². The Morgan fingerprint density at radius 1 is 1.43 bits per heavy atom. The first-order valence-electron chi connectivity index (χ1n) is 6.56. The molecular formula is C14H18Cl2N4O. The summed E-state index contributed by atoms with van der Waals surface area (Å²) in [6.45, 7) is 1.17. The number of halogens is 2. The Morgan fingerprint density at radius 3 is 2.90 bits per heavy atom. The van der Waals surface area contributed by atoms with E-state index in [-0.39, 0.29) is 6.04 Å². The molecule has 21 heavy (non-hydrogen) atoms. The molecule has 0 saturated carbocycles. The fourth-order valence-corrected chi connectivity index (χ4v) is 2.69. The van der Waals surface area contributed by atoms with Gasteiger partial charge < -0.3 is 4.74 Å². The summed E-state index contributed by atoms with van der Waals surface area (Å²) < 4.78 is 6.89. The Kier molecular flexibility index (Phi) is 6.02. The van der Waals surface area contributed by atoms with E-state index in [0.29, 0.717) is 29.6 Å². The molecule has 2 aromatic rings. The van der Waals surface area contributed by atoms with Gasteiger partial charge in [0.25, 0.3) is 0 Å².